The van der Waals surface area contributed by atoms with E-state index in [0.717, 1.165) is 24.2 Å². The molecule has 0 bridgehead atoms. The van der Waals surface area contributed by atoms with E-state index in [9.17, 15) is 4.79 Å². The largest absolute Gasteiger partial charge is 0.373 e. The van der Waals surface area contributed by atoms with E-state index in [2.05, 4.69) is 14.9 Å². The van der Waals surface area contributed by atoms with Gasteiger partial charge in [0.15, 0.2) is 0 Å². The summed E-state index contributed by atoms with van der Waals surface area (Å²) in [6, 6.07) is 18.0. The number of likely N-dealkylation sites (N-methyl/N-ethyl adjacent to an activating group) is 1. The number of amides is 1. The monoisotopic (exact) mass is 388 g/mol. The molecule has 0 aliphatic carbocycles. The van der Waals surface area contributed by atoms with E-state index in [1.54, 1.807) is 6.20 Å². The van der Waals surface area contributed by atoms with Crippen molar-refractivity contribution >= 4 is 11.6 Å². The van der Waals surface area contributed by atoms with E-state index in [1.807, 2.05) is 92.8 Å². The maximum Gasteiger partial charge on any atom is 0.272 e. The van der Waals surface area contributed by atoms with Gasteiger partial charge in [-0.3, -0.25) is 9.78 Å². The Hall–Kier alpha value is -3.21. The Bertz CT molecular complexity index is 895. The standard InChI is InChI=1S/C24H28N4O/c1-19(2)28(18-21-7-5-4-6-8-21)24(29)23-10-9-22(17-26-23)27(3)16-13-20-11-14-25-15-12-20/h4-12,14-15,17,19H,13,16,18H2,1-3H3. The Balaban J connectivity index is 1.65. The molecule has 0 saturated heterocycles. The number of hydrogen-bond acceptors (Lipinski definition) is 4. The van der Waals surface area contributed by atoms with Gasteiger partial charge >= 0.3 is 0 Å². The maximum atomic E-state index is 13.0. The van der Waals surface area contributed by atoms with Gasteiger partial charge in [0.1, 0.15) is 5.69 Å². The van der Waals surface area contributed by atoms with Gasteiger partial charge in [-0.25, -0.2) is 4.98 Å². The molecule has 1 aromatic carbocycles. The molecule has 0 fully saturated rings. The first-order chi connectivity index (χ1) is 14.0. The summed E-state index contributed by atoms with van der Waals surface area (Å²) in [5, 5.41) is 0. The molecular formula is C24H28N4O. The van der Waals surface area contributed by atoms with Gasteiger partial charge in [-0.05, 0) is 55.7 Å². The summed E-state index contributed by atoms with van der Waals surface area (Å²) in [7, 11) is 2.04. The lowest BCUT2D eigenvalue weighted by molar-refractivity contribution is 0.0684. The van der Waals surface area contributed by atoms with E-state index in [-0.39, 0.29) is 11.9 Å². The van der Waals surface area contributed by atoms with Crippen LogP contribution in [0.5, 0.6) is 0 Å². The van der Waals surface area contributed by atoms with Crippen molar-refractivity contribution in [3.63, 3.8) is 0 Å². The van der Waals surface area contributed by atoms with E-state index in [1.165, 1.54) is 5.56 Å². The van der Waals surface area contributed by atoms with Gasteiger partial charge in [-0.15, -0.1) is 0 Å². The van der Waals surface area contributed by atoms with Crippen LogP contribution in [0.3, 0.4) is 0 Å². The zero-order valence-electron chi connectivity index (χ0n) is 17.3. The van der Waals surface area contributed by atoms with Crippen molar-refractivity contribution in [2.45, 2.75) is 32.9 Å². The predicted molar refractivity (Wildman–Crippen MR) is 117 cm³/mol. The zero-order chi connectivity index (χ0) is 20.6. The molecule has 150 valence electrons. The van der Waals surface area contributed by atoms with Crippen LogP contribution in [0.2, 0.25) is 0 Å². The van der Waals surface area contributed by atoms with Crippen LogP contribution >= 0.6 is 0 Å². The second-order valence-corrected chi connectivity index (χ2v) is 7.44. The summed E-state index contributed by atoms with van der Waals surface area (Å²) < 4.78 is 0. The van der Waals surface area contributed by atoms with Gasteiger partial charge in [0, 0.05) is 38.6 Å². The Morgan fingerprint density at radius 2 is 1.69 bits per heavy atom. The quantitative estimate of drug-likeness (QED) is 0.580. The average Bonchev–Trinajstić information content (AvgIpc) is 2.76. The number of aromatic nitrogens is 2. The van der Waals surface area contributed by atoms with Crippen molar-refractivity contribution in [3.05, 3.63) is 90.0 Å². The first kappa shape index (κ1) is 20.5. The number of rotatable bonds is 8. The van der Waals surface area contributed by atoms with E-state index in [0.29, 0.717) is 12.2 Å². The second kappa shape index (κ2) is 9.82. The molecule has 0 spiro atoms. The number of nitrogens with zero attached hydrogens (tertiary/aromatic N) is 4. The molecule has 1 amide bonds. The Morgan fingerprint density at radius 3 is 2.31 bits per heavy atom. The maximum absolute atomic E-state index is 13.0. The Morgan fingerprint density at radius 1 is 0.966 bits per heavy atom. The highest BCUT2D eigenvalue weighted by molar-refractivity contribution is 5.92. The molecule has 0 aliphatic rings. The van der Waals surface area contributed by atoms with Crippen LogP contribution in [-0.2, 0) is 13.0 Å². The van der Waals surface area contributed by atoms with Gasteiger partial charge in [0.25, 0.3) is 5.91 Å². The van der Waals surface area contributed by atoms with E-state index < -0.39 is 0 Å². The smallest absolute Gasteiger partial charge is 0.272 e. The summed E-state index contributed by atoms with van der Waals surface area (Å²) in [5.41, 5.74) is 3.83. The minimum atomic E-state index is -0.0464. The molecule has 0 radical (unpaired) electrons. The minimum Gasteiger partial charge on any atom is -0.373 e. The minimum absolute atomic E-state index is 0.0464. The van der Waals surface area contributed by atoms with Gasteiger partial charge in [0.2, 0.25) is 0 Å². The fourth-order valence-corrected chi connectivity index (χ4v) is 3.13. The Kier molecular flexibility index (Phi) is 6.95. The van der Waals surface area contributed by atoms with Crippen LogP contribution < -0.4 is 4.90 Å². The normalized spacial score (nSPS) is 10.8. The predicted octanol–water partition coefficient (Wildman–Crippen LogP) is 4.21. The van der Waals surface area contributed by atoms with Crippen LogP contribution in [0.4, 0.5) is 5.69 Å². The lowest BCUT2D eigenvalue weighted by Gasteiger charge is -2.27. The van der Waals surface area contributed by atoms with Crippen LogP contribution in [0.15, 0.2) is 73.2 Å². The summed E-state index contributed by atoms with van der Waals surface area (Å²) in [5.74, 6) is -0.0464. The topological polar surface area (TPSA) is 49.3 Å². The number of benzene rings is 1. The van der Waals surface area contributed by atoms with Gasteiger partial charge < -0.3 is 9.80 Å². The lowest BCUT2D eigenvalue weighted by atomic mass is 10.1. The summed E-state index contributed by atoms with van der Waals surface area (Å²) >= 11 is 0. The first-order valence-electron chi connectivity index (χ1n) is 9.95. The third kappa shape index (κ3) is 5.64. The summed E-state index contributed by atoms with van der Waals surface area (Å²) in [4.78, 5) is 25.5. The summed E-state index contributed by atoms with van der Waals surface area (Å²) in [6.45, 7) is 5.50. The molecule has 0 saturated carbocycles. The Labute approximate surface area is 173 Å². The number of pyridine rings is 2. The first-order valence-corrected chi connectivity index (χ1v) is 9.95. The lowest BCUT2D eigenvalue weighted by Crippen LogP contribution is -2.36. The van der Waals surface area contributed by atoms with E-state index >= 15 is 0 Å². The molecule has 3 aromatic rings. The molecule has 5 nitrogen and oxygen atoms in total. The van der Waals surface area contributed by atoms with Crippen LogP contribution in [0.25, 0.3) is 0 Å². The second-order valence-electron chi connectivity index (χ2n) is 7.44. The van der Waals surface area contributed by atoms with Crippen LogP contribution in [-0.4, -0.2) is 40.4 Å². The average molecular weight is 389 g/mol. The molecule has 29 heavy (non-hydrogen) atoms. The van der Waals surface area contributed by atoms with Crippen LogP contribution in [0.1, 0.15) is 35.5 Å². The summed E-state index contributed by atoms with van der Waals surface area (Å²) in [6.07, 6.45) is 6.33. The molecule has 5 heteroatoms. The molecule has 0 N–H and O–H groups in total. The van der Waals surface area contributed by atoms with Crippen molar-refractivity contribution in [2.24, 2.45) is 0 Å². The number of carbonyl (C=O) groups excluding carboxylic acids is 1. The molecule has 0 atom stereocenters. The fraction of sp³-hybridized carbons (Fsp3) is 0.292. The highest BCUT2D eigenvalue weighted by Crippen LogP contribution is 2.16. The van der Waals surface area contributed by atoms with E-state index in [4.69, 9.17) is 0 Å². The van der Waals surface area contributed by atoms with Crippen molar-refractivity contribution in [1.82, 2.24) is 14.9 Å². The van der Waals surface area contributed by atoms with Gasteiger partial charge in [-0.2, -0.15) is 0 Å². The van der Waals surface area contributed by atoms with Crippen molar-refractivity contribution in [3.8, 4) is 0 Å². The molecule has 0 unspecified atom stereocenters. The van der Waals surface area contributed by atoms with Gasteiger partial charge in [-0.1, -0.05) is 30.3 Å². The third-order valence-corrected chi connectivity index (χ3v) is 4.97. The van der Waals surface area contributed by atoms with Crippen molar-refractivity contribution in [1.29, 1.82) is 0 Å². The number of hydrogen-bond donors (Lipinski definition) is 0. The third-order valence-electron chi connectivity index (χ3n) is 4.97. The molecule has 0 aliphatic heterocycles. The number of carbonyl (C=O) groups is 1. The number of anilines is 1. The molecular weight excluding hydrogens is 360 g/mol. The zero-order valence-corrected chi connectivity index (χ0v) is 17.3. The van der Waals surface area contributed by atoms with Crippen LogP contribution in [0, 0.1) is 0 Å². The molecule has 2 aromatic heterocycles. The molecule has 2 heterocycles. The highest BCUT2D eigenvalue weighted by Gasteiger charge is 2.20. The van der Waals surface area contributed by atoms with Crippen molar-refractivity contribution < 1.29 is 4.79 Å². The highest BCUT2D eigenvalue weighted by atomic mass is 16.2. The van der Waals surface area contributed by atoms with Gasteiger partial charge in [0.05, 0.1) is 11.9 Å². The molecule has 3 rings (SSSR count). The fourth-order valence-electron chi connectivity index (χ4n) is 3.13. The SMILES string of the molecule is CC(C)N(Cc1ccccc1)C(=O)c1ccc(N(C)CCc2ccncc2)cn1. The van der Waals surface area contributed by atoms with Crippen molar-refractivity contribution in [2.75, 3.05) is 18.5 Å².